The van der Waals surface area contributed by atoms with E-state index in [1.165, 1.54) is 23.4 Å². The fourth-order valence-corrected chi connectivity index (χ4v) is 1.21. The van der Waals surface area contributed by atoms with Gasteiger partial charge in [-0.05, 0) is 6.07 Å². The molecule has 0 aliphatic rings. The van der Waals surface area contributed by atoms with Crippen LogP contribution in [0.4, 0.5) is 12.9 Å². The van der Waals surface area contributed by atoms with Crippen LogP contribution in [-0.4, -0.2) is 21.7 Å². The van der Waals surface area contributed by atoms with Crippen molar-refractivity contribution in [3.63, 3.8) is 0 Å². The van der Waals surface area contributed by atoms with Crippen molar-refractivity contribution in [2.75, 3.05) is 0 Å². The van der Waals surface area contributed by atoms with Crippen LogP contribution in [0, 0.1) is 0 Å². The molecule has 0 unspecified atom stereocenters. The molecule has 16 heavy (non-hydrogen) atoms. The van der Waals surface area contributed by atoms with Gasteiger partial charge in [0.25, 0.3) is 0 Å². The van der Waals surface area contributed by atoms with Crippen molar-refractivity contribution in [1.82, 2.24) is 14.8 Å². The zero-order valence-corrected chi connectivity index (χ0v) is 11.6. The smallest absolute Gasteiger partial charge is 0.445 e. The summed E-state index contributed by atoms with van der Waals surface area (Å²) < 4.78 is 38.6. The van der Waals surface area contributed by atoms with Gasteiger partial charge in [0, 0.05) is 0 Å². The molecule has 78 valence electrons. The largest absolute Gasteiger partial charge is 1.00 e. The van der Waals surface area contributed by atoms with Gasteiger partial charge in [0.05, 0.1) is 5.69 Å². The molecular formula is C8H6BF3KN3. The van der Waals surface area contributed by atoms with Crippen molar-refractivity contribution in [2.45, 2.75) is 0 Å². The third kappa shape index (κ3) is 3.17. The Morgan fingerprint density at radius 2 is 1.94 bits per heavy atom. The van der Waals surface area contributed by atoms with Crippen molar-refractivity contribution in [2.24, 2.45) is 0 Å². The van der Waals surface area contributed by atoms with Crippen LogP contribution in [0.25, 0.3) is 5.69 Å². The van der Waals surface area contributed by atoms with Crippen LogP contribution in [0.3, 0.4) is 0 Å². The molecule has 0 aliphatic carbocycles. The number of nitrogens with zero attached hydrogens (tertiary/aromatic N) is 3. The minimum absolute atomic E-state index is 0. The van der Waals surface area contributed by atoms with Gasteiger partial charge in [-0.25, -0.2) is 9.67 Å². The molecule has 2 aromatic rings. The van der Waals surface area contributed by atoms with E-state index in [1.807, 2.05) is 0 Å². The first-order chi connectivity index (χ1) is 7.07. The maximum atomic E-state index is 12.4. The van der Waals surface area contributed by atoms with E-state index in [1.54, 1.807) is 6.07 Å². The molecule has 0 saturated carbocycles. The van der Waals surface area contributed by atoms with Crippen molar-refractivity contribution in [3.05, 3.63) is 36.9 Å². The standard InChI is InChI=1S/C8H6BF3N3.K/c10-9(11,12)7-2-1-3-8(4-7)15-6-13-5-14-15;/h1-6H;/q-1;+1. The fourth-order valence-electron chi connectivity index (χ4n) is 1.21. The molecule has 1 aromatic carbocycles. The second kappa shape index (κ2) is 5.46. The molecule has 0 spiro atoms. The maximum Gasteiger partial charge on any atom is 1.00 e. The number of rotatable bonds is 2. The SMILES string of the molecule is F[B-](F)(F)c1cccc(-n2cncn2)c1.[K+]. The van der Waals surface area contributed by atoms with Crippen LogP contribution in [0.5, 0.6) is 0 Å². The van der Waals surface area contributed by atoms with Crippen molar-refractivity contribution in [1.29, 1.82) is 0 Å². The molecule has 1 heterocycles. The van der Waals surface area contributed by atoms with Gasteiger partial charge in [0.15, 0.2) is 0 Å². The third-order valence-corrected chi connectivity index (χ3v) is 1.93. The molecule has 0 radical (unpaired) electrons. The van der Waals surface area contributed by atoms with Crippen LogP contribution in [0.2, 0.25) is 0 Å². The van der Waals surface area contributed by atoms with E-state index < -0.39 is 12.4 Å². The number of aromatic nitrogens is 3. The third-order valence-electron chi connectivity index (χ3n) is 1.93. The molecule has 0 N–H and O–H groups in total. The van der Waals surface area contributed by atoms with Crippen molar-refractivity contribution in [3.8, 4) is 5.69 Å². The number of hydrogen-bond acceptors (Lipinski definition) is 2. The molecule has 0 fully saturated rings. The first-order valence-corrected chi connectivity index (χ1v) is 4.22. The molecule has 3 nitrogen and oxygen atoms in total. The quantitative estimate of drug-likeness (QED) is 0.597. The van der Waals surface area contributed by atoms with Crippen LogP contribution >= 0.6 is 0 Å². The Kier molecular flexibility index (Phi) is 4.75. The molecule has 0 saturated heterocycles. The summed E-state index contributed by atoms with van der Waals surface area (Å²) in [6.45, 7) is -4.97. The zero-order valence-electron chi connectivity index (χ0n) is 8.52. The molecule has 8 heteroatoms. The molecule has 0 bridgehead atoms. The van der Waals surface area contributed by atoms with Gasteiger partial charge in [0.2, 0.25) is 0 Å². The predicted octanol–water partition coefficient (Wildman–Crippen LogP) is -1.67. The Labute approximate surface area is 133 Å². The van der Waals surface area contributed by atoms with E-state index in [4.69, 9.17) is 0 Å². The first kappa shape index (κ1) is 13.9. The van der Waals surface area contributed by atoms with Gasteiger partial charge in [-0.3, -0.25) is 0 Å². The molecule has 2 rings (SSSR count). The summed E-state index contributed by atoms with van der Waals surface area (Å²) in [5.41, 5.74) is -0.285. The second-order valence-corrected chi connectivity index (χ2v) is 3.01. The topological polar surface area (TPSA) is 30.7 Å². The van der Waals surface area contributed by atoms with E-state index in [0.29, 0.717) is 5.69 Å². The van der Waals surface area contributed by atoms with Gasteiger partial charge in [-0.15, -0.1) is 5.46 Å². The minimum Gasteiger partial charge on any atom is -0.445 e. The summed E-state index contributed by atoms with van der Waals surface area (Å²) in [6, 6.07) is 4.98. The average Bonchev–Trinajstić information content (AvgIpc) is 2.69. The van der Waals surface area contributed by atoms with Gasteiger partial charge >= 0.3 is 58.4 Å². The summed E-state index contributed by atoms with van der Waals surface area (Å²) in [5.74, 6) is 0. The Morgan fingerprint density at radius 1 is 1.19 bits per heavy atom. The first-order valence-electron chi connectivity index (χ1n) is 4.22. The number of hydrogen-bond donors (Lipinski definition) is 0. The minimum atomic E-state index is -4.97. The molecule has 0 atom stereocenters. The van der Waals surface area contributed by atoms with Crippen molar-refractivity contribution >= 4 is 12.4 Å². The van der Waals surface area contributed by atoms with Crippen molar-refractivity contribution < 1.29 is 64.3 Å². The summed E-state index contributed by atoms with van der Waals surface area (Å²) >= 11 is 0. The van der Waals surface area contributed by atoms with Gasteiger partial charge in [-0.1, -0.05) is 18.2 Å². The summed E-state index contributed by atoms with van der Waals surface area (Å²) in [7, 11) is 0. The van der Waals surface area contributed by atoms with Crippen LogP contribution in [-0.2, 0) is 0 Å². The zero-order chi connectivity index (χ0) is 10.9. The summed E-state index contributed by atoms with van der Waals surface area (Å²) in [5, 5.41) is 3.75. The average molecular weight is 251 g/mol. The molecule has 1 aromatic heterocycles. The summed E-state index contributed by atoms with van der Waals surface area (Å²) in [6.07, 6.45) is 2.62. The fraction of sp³-hybridized carbons (Fsp3) is 0. The number of benzene rings is 1. The molecule has 0 aliphatic heterocycles. The van der Waals surface area contributed by atoms with Crippen LogP contribution in [0.15, 0.2) is 36.9 Å². The van der Waals surface area contributed by atoms with Gasteiger partial charge < -0.3 is 12.9 Å². The number of halogens is 3. The molecular weight excluding hydrogens is 245 g/mol. The van der Waals surface area contributed by atoms with E-state index >= 15 is 0 Å². The maximum absolute atomic E-state index is 12.4. The van der Waals surface area contributed by atoms with Gasteiger partial charge in [0.1, 0.15) is 12.7 Å². The second-order valence-electron chi connectivity index (χ2n) is 3.01. The van der Waals surface area contributed by atoms with E-state index in [-0.39, 0.29) is 51.4 Å². The Bertz CT molecular complexity index is 458. The van der Waals surface area contributed by atoms with E-state index in [2.05, 4.69) is 10.1 Å². The van der Waals surface area contributed by atoms with Crippen LogP contribution < -0.4 is 56.8 Å². The monoisotopic (exact) mass is 251 g/mol. The Morgan fingerprint density at radius 3 is 2.50 bits per heavy atom. The van der Waals surface area contributed by atoms with E-state index in [9.17, 15) is 12.9 Å². The van der Waals surface area contributed by atoms with Gasteiger partial charge in [-0.2, -0.15) is 5.10 Å². The molecule has 0 amide bonds. The van der Waals surface area contributed by atoms with Crippen LogP contribution in [0.1, 0.15) is 0 Å². The summed E-state index contributed by atoms with van der Waals surface area (Å²) in [4.78, 5) is 3.67. The normalized spacial score (nSPS) is 10.9. The predicted molar refractivity (Wildman–Crippen MR) is 50.1 cm³/mol. The van der Waals surface area contributed by atoms with E-state index in [0.717, 1.165) is 12.1 Å². The Hall–Kier alpha value is -0.149. The Balaban J connectivity index is 0.00000128.